The van der Waals surface area contributed by atoms with E-state index in [1.165, 1.54) is 17.9 Å². The van der Waals surface area contributed by atoms with Crippen molar-refractivity contribution in [3.63, 3.8) is 0 Å². The molecule has 0 fully saturated rings. The molecule has 1 aromatic rings. The monoisotopic (exact) mass is 292 g/mol. The third-order valence-electron chi connectivity index (χ3n) is 3.52. The van der Waals surface area contributed by atoms with E-state index in [0.717, 1.165) is 0 Å². The molecule has 0 saturated heterocycles. The Morgan fingerprint density at radius 1 is 1.33 bits per heavy atom. The van der Waals surface area contributed by atoms with E-state index in [2.05, 4.69) is 10.4 Å². The molecular formula is C13H16N4O4. The van der Waals surface area contributed by atoms with Crippen LogP contribution in [0.3, 0.4) is 0 Å². The highest BCUT2D eigenvalue weighted by molar-refractivity contribution is 6.03. The molecule has 1 heterocycles. The van der Waals surface area contributed by atoms with Gasteiger partial charge in [-0.2, -0.15) is 5.10 Å². The molecule has 21 heavy (non-hydrogen) atoms. The summed E-state index contributed by atoms with van der Waals surface area (Å²) in [7, 11) is 1.53. The molecule has 0 spiro atoms. The fourth-order valence-corrected chi connectivity index (χ4v) is 2.42. The number of primary amides is 1. The summed E-state index contributed by atoms with van der Waals surface area (Å²) in [6.07, 6.45) is 5.49. The van der Waals surface area contributed by atoms with Gasteiger partial charge in [-0.1, -0.05) is 12.2 Å². The van der Waals surface area contributed by atoms with E-state index in [9.17, 15) is 14.4 Å². The number of hydrogen-bond acceptors (Lipinski definition) is 4. The number of amides is 2. The quantitative estimate of drug-likeness (QED) is 0.679. The molecule has 2 atom stereocenters. The normalized spacial score (nSPS) is 21.0. The van der Waals surface area contributed by atoms with Crippen LogP contribution in [-0.4, -0.2) is 32.7 Å². The maximum atomic E-state index is 12.3. The smallest absolute Gasteiger partial charge is 0.307 e. The maximum absolute atomic E-state index is 12.3. The van der Waals surface area contributed by atoms with Crippen molar-refractivity contribution in [2.45, 2.75) is 12.8 Å². The van der Waals surface area contributed by atoms with Gasteiger partial charge in [-0.15, -0.1) is 0 Å². The standard InChI is InChI=1S/C13H16N4O4/c1-17-10(11(14)18)9(6-15-17)16-12(19)7-4-2-3-5-8(7)13(20)21/h2-3,6-8H,4-5H2,1H3,(H2,14,18)(H,16,19)(H,20,21)/t7-,8-/m1/s1. The second kappa shape index (κ2) is 5.78. The molecule has 0 aromatic carbocycles. The first-order valence-corrected chi connectivity index (χ1v) is 6.42. The van der Waals surface area contributed by atoms with Crippen LogP contribution >= 0.6 is 0 Å². The molecule has 1 aromatic heterocycles. The van der Waals surface area contributed by atoms with Gasteiger partial charge in [-0.05, 0) is 12.8 Å². The van der Waals surface area contributed by atoms with Crippen LogP contribution in [0, 0.1) is 11.8 Å². The van der Waals surface area contributed by atoms with Crippen LogP contribution in [0.1, 0.15) is 23.3 Å². The molecule has 2 rings (SSSR count). The Bertz CT molecular complexity index is 620. The Balaban J connectivity index is 2.20. The van der Waals surface area contributed by atoms with Gasteiger partial charge in [0.1, 0.15) is 5.69 Å². The van der Waals surface area contributed by atoms with Crippen molar-refractivity contribution in [1.29, 1.82) is 0 Å². The summed E-state index contributed by atoms with van der Waals surface area (Å²) in [6, 6.07) is 0. The van der Waals surface area contributed by atoms with Gasteiger partial charge in [0.2, 0.25) is 5.91 Å². The third kappa shape index (κ3) is 2.93. The van der Waals surface area contributed by atoms with Crippen LogP contribution in [0.15, 0.2) is 18.3 Å². The minimum atomic E-state index is -1.01. The summed E-state index contributed by atoms with van der Waals surface area (Å²) in [4.78, 5) is 34.8. The first kappa shape index (κ1) is 14.8. The number of aromatic nitrogens is 2. The fraction of sp³-hybridized carbons (Fsp3) is 0.385. The lowest BCUT2D eigenvalue weighted by molar-refractivity contribution is -0.146. The van der Waals surface area contributed by atoms with E-state index in [1.807, 2.05) is 0 Å². The van der Waals surface area contributed by atoms with Gasteiger partial charge in [0, 0.05) is 7.05 Å². The molecule has 8 heteroatoms. The molecule has 8 nitrogen and oxygen atoms in total. The van der Waals surface area contributed by atoms with E-state index in [0.29, 0.717) is 12.8 Å². The Morgan fingerprint density at radius 3 is 2.52 bits per heavy atom. The Labute approximate surface area is 120 Å². The zero-order valence-electron chi connectivity index (χ0n) is 11.4. The second-order valence-corrected chi connectivity index (χ2v) is 4.88. The molecule has 1 aliphatic carbocycles. The number of carboxylic acids is 1. The summed E-state index contributed by atoms with van der Waals surface area (Å²) in [6.45, 7) is 0. The highest BCUT2D eigenvalue weighted by atomic mass is 16.4. The van der Waals surface area contributed by atoms with Crippen LogP contribution < -0.4 is 11.1 Å². The SMILES string of the molecule is Cn1ncc(NC(=O)[C@@H]2CC=CC[C@H]2C(=O)O)c1C(N)=O. The molecule has 4 N–H and O–H groups in total. The number of nitrogens with one attached hydrogen (secondary N) is 1. The number of allylic oxidation sites excluding steroid dienone is 2. The second-order valence-electron chi connectivity index (χ2n) is 4.88. The Kier molecular flexibility index (Phi) is 4.06. The van der Waals surface area contributed by atoms with E-state index in [1.54, 1.807) is 12.2 Å². The number of hydrogen-bond donors (Lipinski definition) is 3. The summed E-state index contributed by atoms with van der Waals surface area (Å²) in [5, 5.41) is 15.6. The number of rotatable bonds is 4. The lowest BCUT2D eigenvalue weighted by Crippen LogP contribution is -2.35. The number of carbonyl (C=O) groups is 3. The molecule has 0 unspecified atom stereocenters. The first-order valence-electron chi connectivity index (χ1n) is 6.42. The topological polar surface area (TPSA) is 127 Å². The molecule has 2 amide bonds. The Hall–Kier alpha value is -2.64. The van der Waals surface area contributed by atoms with Gasteiger partial charge in [0.05, 0.1) is 23.7 Å². The van der Waals surface area contributed by atoms with E-state index < -0.39 is 29.6 Å². The average molecular weight is 292 g/mol. The van der Waals surface area contributed by atoms with Crippen molar-refractivity contribution in [1.82, 2.24) is 9.78 Å². The summed E-state index contributed by atoms with van der Waals surface area (Å²) < 4.78 is 1.26. The van der Waals surface area contributed by atoms with Gasteiger partial charge < -0.3 is 16.2 Å². The molecule has 112 valence electrons. The fourth-order valence-electron chi connectivity index (χ4n) is 2.42. The summed E-state index contributed by atoms with van der Waals surface area (Å²) >= 11 is 0. The Morgan fingerprint density at radius 2 is 1.95 bits per heavy atom. The van der Waals surface area contributed by atoms with Gasteiger partial charge >= 0.3 is 5.97 Å². The van der Waals surface area contributed by atoms with E-state index >= 15 is 0 Å². The summed E-state index contributed by atoms with van der Waals surface area (Å²) in [5.41, 5.74) is 5.49. The number of nitrogens with zero attached hydrogens (tertiary/aromatic N) is 2. The number of aryl methyl sites for hydroxylation is 1. The van der Waals surface area contributed by atoms with Crippen LogP contribution in [0.25, 0.3) is 0 Å². The van der Waals surface area contributed by atoms with Crippen LogP contribution in [0.4, 0.5) is 5.69 Å². The van der Waals surface area contributed by atoms with Crippen molar-refractivity contribution in [3.05, 3.63) is 24.0 Å². The number of carboxylic acid groups (broad SMARTS) is 1. The number of aliphatic carboxylic acids is 1. The minimum Gasteiger partial charge on any atom is -0.481 e. The van der Waals surface area contributed by atoms with Gasteiger partial charge in [0.15, 0.2) is 0 Å². The largest absolute Gasteiger partial charge is 0.481 e. The van der Waals surface area contributed by atoms with E-state index in [4.69, 9.17) is 10.8 Å². The van der Waals surface area contributed by atoms with Crippen LogP contribution in [0.2, 0.25) is 0 Å². The van der Waals surface area contributed by atoms with Crippen LogP contribution in [0.5, 0.6) is 0 Å². The van der Waals surface area contributed by atoms with Gasteiger partial charge in [-0.25, -0.2) is 0 Å². The van der Waals surface area contributed by atoms with Gasteiger partial charge in [0.25, 0.3) is 5.91 Å². The predicted molar refractivity (Wildman–Crippen MR) is 73.3 cm³/mol. The highest BCUT2D eigenvalue weighted by Gasteiger charge is 2.34. The molecule has 1 aliphatic rings. The average Bonchev–Trinajstić information content (AvgIpc) is 2.79. The molecular weight excluding hydrogens is 276 g/mol. The number of carbonyl (C=O) groups excluding carboxylic acids is 2. The summed E-state index contributed by atoms with van der Waals surface area (Å²) in [5.74, 6) is -3.65. The third-order valence-corrected chi connectivity index (χ3v) is 3.52. The molecule has 0 aliphatic heterocycles. The lowest BCUT2D eigenvalue weighted by Gasteiger charge is -2.24. The van der Waals surface area contributed by atoms with E-state index in [-0.39, 0.29) is 11.4 Å². The lowest BCUT2D eigenvalue weighted by atomic mass is 9.82. The van der Waals surface area contributed by atoms with Crippen molar-refractivity contribution in [3.8, 4) is 0 Å². The molecule has 0 saturated carbocycles. The number of anilines is 1. The van der Waals surface area contributed by atoms with Crippen LogP contribution in [-0.2, 0) is 16.6 Å². The minimum absolute atomic E-state index is 0.0709. The number of nitrogens with two attached hydrogens (primary N) is 1. The molecule has 0 radical (unpaired) electrons. The first-order chi connectivity index (χ1) is 9.91. The van der Waals surface area contributed by atoms with Crippen molar-refractivity contribution in [2.24, 2.45) is 24.6 Å². The predicted octanol–water partition coefficient (Wildman–Crippen LogP) is 0.125. The highest BCUT2D eigenvalue weighted by Crippen LogP contribution is 2.27. The zero-order chi connectivity index (χ0) is 15.6. The zero-order valence-corrected chi connectivity index (χ0v) is 11.4. The van der Waals surface area contributed by atoms with Crippen molar-refractivity contribution < 1.29 is 19.5 Å². The molecule has 0 bridgehead atoms. The maximum Gasteiger partial charge on any atom is 0.307 e. The van der Waals surface area contributed by atoms with Gasteiger partial charge in [-0.3, -0.25) is 19.1 Å². The van der Waals surface area contributed by atoms with Crippen molar-refractivity contribution >= 4 is 23.5 Å². The van der Waals surface area contributed by atoms with Crippen molar-refractivity contribution in [2.75, 3.05) is 5.32 Å².